The largest absolute Gasteiger partial charge is 0.340 e. The monoisotopic (exact) mass is 398 g/mol. The number of carbonyl (C=O) groups is 2. The normalized spacial score (nSPS) is 18.8. The molecule has 1 aromatic rings. The molecule has 2 amide bonds. The Kier molecular flexibility index (Phi) is 6.75. The summed E-state index contributed by atoms with van der Waals surface area (Å²) < 4.78 is 0. The lowest BCUT2D eigenvalue weighted by molar-refractivity contribution is -0.132. The molecule has 0 unspecified atom stereocenters. The van der Waals surface area contributed by atoms with Gasteiger partial charge in [0.1, 0.15) is 0 Å². The summed E-state index contributed by atoms with van der Waals surface area (Å²) in [4.78, 5) is 30.8. The molecular formula is C18H24Cl2N4O2. The molecule has 0 aromatic heterocycles. The average molecular weight is 399 g/mol. The van der Waals surface area contributed by atoms with Crippen molar-refractivity contribution in [3.63, 3.8) is 0 Å². The lowest BCUT2D eigenvalue weighted by Crippen LogP contribution is -2.50. The van der Waals surface area contributed by atoms with E-state index in [4.69, 9.17) is 23.2 Å². The van der Waals surface area contributed by atoms with Gasteiger partial charge in [-0.15, -0.1) is 0 Å². The summed E-state index contributed by atoms with van der Waals surface area (Å²) >= 11 is 12.0. The van der Waals surface area contributed by atoms with Crippen molar-refractivity contribution in [1.29, 1.82) is 0 Å². The molecule has 6 nitrogen and oxygen atoms in total. The Morgan fingerprint density at radius 3 is 2.12 bits per heavy atom. The molecule has 2 heterocycles. The lowest BCUT2D eigenvalue weighted by atomic mass is 10.1. The van der Waals surface area contributed by atoms with Crippen LogP contribution in [0, 0.1) is 0 Å². The third-order valence-electron chi connectivity index (χ3n) is 4.88. The van der Waals surface area contributed by atoms with Crippen molar-refractivity contribution in [2.75, 3.05) is 58.9 Å². The number of hydrogen-bond acceptors (Lipinski definition) is 4. The Hall–Kier alpha value is -1.34. The maximum Gasteiger partial charge on any atom is 0.254 e. The second-order valence-electron chi connectivity index (χ2n) is 6.67. The van der Waals surface area contributed by atoms with Gasteiger partial charge in [-0.2, -0.15) is 0 Å². The van der Waals surface area contributed by atoms with Crippen LogP contribution in [-0.2, 0) is 4.79 Å². The van der Waals surface area contributed by atoms with Gasteiger partial charge in [-0.05, 0) is 18.2 Å². The molecule has 0 spiro atoms. The number of nitrogens with zero attached hydrogens (tertiary/aromatic N) is 3. The Morgan fingerprint density at radius 1 is 0.885 bits per heavy atom. The second kappa shape index (κ2) is 9.04. The highest BCUT2D eigenvalue weighted by Crippen LogP contribution is 2.20. The maximum atomic E-state index is 12.6. The highest BCUT2D eigenvalue weighted by atomic mass is 35.5. The lowest BCUT2D eigenvalue weighted by Gasteiger charge is -2.35. The van der Waals surface area contributed by atoms with Crippen LogP contribution in [0.5, 0.6) is 0 Å². The molecular weight excluding hydrogens is 375 g/mol. The third kappa shape index (κ3) is 5.10. The van der Waals surface area contributed by atoms with Gasteiger partial charge in [-0.25, -0.2) is 0 Å². The van der Waals surface area contributed by atoms with E-state index >= 15 is 0 Å². The summed E-state index contributed by atoms with van der Waals surface area (Å²) in [5, 5.41) is 4.18. The zero-order chi connectivity index (χ0) is 18.5. The van der Waals surface area contributed by atoms with Gasteiger partial charge in [0.15, 0.2) is 0 Å². The van der Waals surface area contributed by atoms with Crippen LogP contribution in [0.4, 0.5) is 0 Å². The van der Waals surface area contributed by atoms with Crippen molar-refractivity contribution in [3.05, 3.63) is 33.8 Å². The van der Waals surface area contributed by atoms with Crippen LogP contribution >= 0.6 is 23.2 Å². The summed E-state index contributed by atoms with van der Waals surface area (Å²) in [6.45, 7) is 6.92. The van der Waals surface area contributed by atoms with Crippen LogP contribution in [-0.4, -0.2) is 85.4 Å². The summed E-state index contributed by atoms with van der Waals surface area (Å²) in [7, 11) is 0. The number of nitrogens with one attached hydrogen (secondary N) is 1. The van der Waals surface area contributed by atoms with E-state index < -0.39 is 0 Å². The van der Waals surface area contributed by atoms with Crippen LogP contribution in [0.1, 0.15) is 16.8 Å². The van der Waals surface area contributed by atoms with Crippen molar-refractivity contribution in [3.8, 4) is 0 Å². The fourth-order valence-corrected chi connectivity index (χ4v) is 3.89. The molecule has 142 valence electrons. The van der Waals surface area contributed by atoms with Crippen LogP contribution < -0.4 is 5.32 Å². The highest BCUT2D eigenvalue weighted by Gasteiger charge is 2.24. The number of benzene rings is 1. The fraction of sp³-hybridized carbons (Fsp3) is 0.556. The molecule has 2 aliphatic rings. The first kappa shape index (κ1) is 19.4. The Balaban J connectivity index is 1.45. The van der Waals surface area contributed by atoms with Gasteiger partial charge in [-0.1, -0.05) is 23.2 Å². The molecule has 0 aliphatic carbocycles. The van der Waals surface area contributed by atoms with Gasteiger partial charge in [0.05, 0.1) is 0 Å². The number of amides is 2. The molecule has 2 saturated heterocycles. The van der Waals surface area contributed by atoms with Gasteiger partial charge < -0.3 is 15.1 Å². The third-order valence-corrected chi connectivity index (χ3v) is 5.32. The number of rotatable bonds is 4. The van der Waals surface area contributed by atoms with Crippen molar-refractivity contribution in [2.24, 2.45) is 0 Å². The SMILES string of the molecule is O=C(CCN1CCN(C(=O)c2cc(Cl)cc(Cl)c2)CC1)N1CCNCC1. The number of hydrogen-bond donors (Lipinski definition) is 1. The van der Waals surface area contributed by atoms with Crippen LogP contribution in [0.25, 0.3) is 0 Å². The minimum atomic E-state index is -0.0501. The van der Waals surface area contributed by atoms with Gasteiger partial charge in [0.2, 0.25) is 5.91 Å². The topological polar surface area (TPSA) is 55.9 Å². The zero-order valence-electron chi connectivity index (χ0n) is 14.7. The molecule has 3 rings (SSSR count). The Morgan fingerprint density at radius 2 is 1.50 bits per heavy atom. The van der Waals surface area contributed by atoms with E-state index in [-0.39, 0.29) is 11.8 Å². The van der Waals surface area contributed by atoms with Crippen LogP contribution in [0.15, 0.2) is 18.2 Å². The Labute approximate surface area is 164 Å². The molecule has 0 bridgehead atoms. The van der Waals surface area contributed by atoms with E-state index in [9.17, 15) is 9.59 Å². The molecule has 1 N–H and O–H groups in total. The number of carbonyl (C=O) groups excluding carboxylic acids is 2. The van der Waals surface area contributed by atoms with Crippen molar-refractivity contribution < 1.29 is 9.59 Å². The quantitative estimate of drug-likeness (QED) is 0.836. The first-order valence-electron chi connectivity index (χ1n) is 8.99. The highest BCUT2D eigenvalue weighted by molar-refractivity contribution is 6.35. The summed E-state index contributed by atoms with van der Waals surface area (Å²) in [6, 6.07) is 4.91. The standard InChI is InChI=1S/C18H24Cl2N4O2/c19-15-11-14(12-16(20)13-15)18(26)24-9-7-22(8-10-24)4-1-17(25)23-5-2-21-3-6-23/h11-13,21H,1-10H2. The summed E-state index contributed by atoms with van der Waals surface area (Å²) in [5.41, 5.74) is 0.518. The minimum Gasteiger partial charge on any atom is -0.340 e. The predicted octanol–water partition coefficient (Wildman–Crippen LogP) is 1.57. The van der Waals surface area contributed by atoms with Gasteiger partial charge in [-0.3, -0.25) is 14.5 Å². The number of halogens is 2. The van der Waals surface area contributed by atoms with Crippen LogP contribution in [0.2, 0.25) is 10.0 Å². The maximum absolute atomic E-state index is 12.6. The van der Waals surface area contributed by atoms with Gasteiger partial charge in [0, 0.05) is 80.9 Å². The number of piperazine rings is 2. The molecule has 0 atom stereocenters. The van der Waals surface area contributed by atoms with E-state index in [1.54, 1.807) is 18.2 Å². The summed E-state index contributed by atoms with van der Waals surface area (Å²) in [5.74, 6) is 0.171. The molecule has 26 heavy (non-hydrogen) atoms. The molecule has 8 heteroatoms. The Bertz CT molecular complexity index is 636. The fourth-order valence-electron chi connectivity index (χ4n) is 3.36. The van der Waals surface area contributed by atoms with Crippen molar-refractivity contribution >= 4 is 35.0 Å². The molecule has 2 fully saturated rings. The van der Waals surface area contributed by atoms with E-state index in [1.165, 1.54) is 0 Å². The predicted molar refractivity (Wildman–Crippen MR) is 103 cm³/mol. The average Bonchev–Trinajstić information content (AvgIpc) is 2.66. The second-order valence-corrected chi connectivity index (χ2v) is 7.55. The molecule has 2 aliphatic heterocycles. The van der Waals surface area contributed by atoms with E-state index in [1.807, 2.05) is 9.80 Å². The van der Waals surface area contributed by atoms with E-state index in [0.717, 1.165) is 45.8 Å². The first-order valence-corrected chi connectivity index (χ1v) is 9.75. The van der Waals surface area contributed by atoms with Gasteiger partial charge in [0.25, 0.3) is 5.91 Å². The van der Waals surface area contributed by atoms with E-state index in [2.05, 4.69) is 10.2 Å². The van der Waals surface area contributed by atoms with Crippen LogP contribution in [0.3, 0.4) is 0 Å². The molecule has 0 radical (unpaired) electrons. The van der Waals surface area contributed by atoms with Gasteiger partial charge >= 0.3 is 0 Å². The molecule has 0 saturated carbocycles. The first-order chi connectivity index (χ1) is 12.5. The van der Waals surface area contributed by atoms with Crippen molar-refractivity contribution in [2.45, 2.75) is 6.42 Å². The zero-order valence-corrected chi connectivity index (χ0v) is 16.2. The molecule has 1 aromatic carbocycles. The summed E-state index contributed by atoms with van der Waals surface area (Å²) in [6.07, 6.45) is 0.540. The van der Waals surface area contributed by atoms with Crippen molar-refractivity contribution in [1.82, 2.24) is 20.0 Å². The smallest absolute Gasteiger partial charge is 0.254 e. The minimum absolute atomic E-state index is 0.0501. The van der Waals surface area contributed by atoms with E-state index in [0.29, 0.717) is 35.1 Å².